The molecule has 0 radical (unpaired) electrons. The van der Waals surface area contributed by atoms with E-state index in [0.717, 1.165) is 19.1 Å². The Labute approximate surface area is 210 Å². The molecule has 0 aromatic carbocycles. The molecular formula is C24H32N6O5S. The average Bonchev–Trinajstić information content (AvgIpc) is 2.84. The molecule has 0 aliphatic rings. The van der Waals surface area contributed by atoms with Crippen LogP contribution >= 0.6 is 0 Å². The van der Waals surface area contributed by atoms with E-state index in [2.05, 4.69) is 32.2 Å². The molecule has 0 unspecified atom stereocenters. The first-order valence-electron chi connectivity index (χ1n) is 11.9. The summed E-state index contributed by atoms with van der Waals surface area (Å²) in [5.74, 6) is 0.195. The summed E-state index contributed by atoms with van der Waals surface area (Å²) < 4.78 is 30.2. The van der Waals surface area contributed by atoms with E-state index in [9.17, 15) is 18.0 Å². The molecule has 36 heavy (non-hydrogen) atoms. The number of aromatic nitrogens is 5. The van der Waals surface area contributed by atoms with Crippen LogP contribution in [0.25, 0.3) is 11.2 Å². The number of nitrogens with one attached hydrogen (secondary N) is 1. The van der Waals surface area contributed by atoms with E-state index in [0.29, 0.717) is 41.2 Å². The molecule has 0 saturated heterocycles. The van der Waals surface area contributed by atoms with E-state index in [1.54, 1.807) is 10.6 Å². The van der Waals surface area contributed by atoms with Gasteiger partial charge in [-0.25, -0.2) is 23.4 Å². The molecule has 0 fully saturated rings. The van der Waals surface area contributed by atoms with Crippen molar-refractivity contribution in [2.45, 2.75) is 77.5 Å². The minimum atomic E-state index is -3.36. The Bertz CT molecular complexity index is 1400. The van der Waals surface area contributed by atoms with Crippen molar-refractivity contribution in [3.8, 4) is 0 Å². The predicted octanol–water partition coefficient (Wildman–Crippen LogP) is 2.97. The van der Waals surface area contributed by atoms with Crippen LogP contribution in [0.1, 0.15) is 70.2 Å². The molecule has 3 aromatic heterocycles. The highest BCUT2D eigenvalue weighted by atomic mass is 32.2. The number of esters is 1. The summed E-state index contributed by atoms with van der Waals surface area (Å²) in [5, 5.41) is 3.02. The number of hydrogen-bond acceptors (Lipinski definition) is 10. The van der Waals surface area contributed by atoms with E-state index in [4.69, 9.17) is 4.74 Å². The summed E-state index contributed by atoms with van der Waals surface area (Å²) in [6.07, 6.45) is 5.54. The van der Waals surface area contributed by atoms with Crippen LogP contribution in [0.2, 0.25) is 0 Å². The van der Waals surface area contributed by atoms with Gasteiger partial charge in [0.1, 0.15) is 23.6 Å². The third-order valence-corrected chi connectivity index (χ3v) is 6.82. The van der Waals surface area contributed by atoms with Crippen molar-refractivity contribution < 1.29 is 17.9 Å². The maximum atomic E-state index is 13.5. The lowest BCUT2D eigenvalue weighted by molar-refractivity contribution is -0.142. The predicted molar refractivity (Wildman–Crippen MR) is 135 cm³/mol. The Kier molecular flexibility index (Phi) is 8.72. The summed E-state index contributed by atoms with van der Waals surface area (Å²) >= 11 is 0. The molecule has 0 spiro atoms. The smallest absolute Gasteiger partial charge is 0.303 e. The number of aryl methyl sites for hydroxylation is 1. The number of hydrogen-bond donors (Lipinski definition) is 1. The van der Waals surface area contributed by atoms with Crippen LogP contribution in [0.5, 0.6) is 0 Å². The second-order valence-electron chi connectivity index (χ2n) is 8.65. The third kappa shape index (κ3) is 6.42. The van der Waals surface area contributed by atoms with Crippen molar-refractivity contribution in [3.05, 3.63) is 45.9 Å². The fourth-order valence-electron chi connectivity index (χ4n) is 3.52. The van der Waals surface area contributed by atoms with Gasteiger partial charge in [-0.1, -0.05) is 20.3 Å². The van der Waals surface area contributed by atoms with Crippen molar-refractivity contribution in [1.29, 1.82) is 0 Å². The van der Waals surface area contributed by atoms with Gasteiger partial charge < -0.3 is 10.1 Å². The Morgan fingerprint density at radius 2 is 1.94 bits per heavy atom. The standard InChI is InChI=1S/C24H32N6O5S/c1-6-8-9-20-27-19(14-35-16(4)31)21-23(28-20)30(15(3)7-2)24(32)22(29-21)26-12-17-10-11-18(13-25-17)36(5,33)34/h10-11,13,15H,6-9,12,14H2,1-5H3,(H,26,29)/t15-/m1/s1. The lowest BCUT2D eigenvalue weighted by Crippen LogP contribution is -2.29. The van der Waals surface area contributed by atoms with E-state index in [-0.39, 0.29) is 35.5 Å². The van der Waals surface area contributed by atoms with E-state index in [1.165, 1.54) is 19.2 Å². The molecule has 0 bridgehead atoms. The minimum absolute atomic E-state index is 0.0748. The van der Waals surface area contributed by atoms with Crippen LogP contribution in [0, 0.1) is 0 Å². The van der Waals surface area contributed by atoms with Crippen molar-refractivity contribution in [2.24, 2.45) is 0 Å². The van der Waals surface area contributed by atoms with E-state index >= 15 is 0 Å². The molecule has 1 atom stereocenters. The number of unbranched alkanes of at least 4 members (excludes halogenated alkanes) is 1. The number of carbonyl (C=O) groups excluding carboxylic acids is 1. The number of carbonyl (C=O) groups is 1. The van der Waals surface area contributed by atoms with Gasteiger partial charge in [-0.3, -0.25) is 19.1 Å². The van der Waals surface area contributed by atoms with E-state index < -0.39 is 15.8 Å². The summed E-state index contributed by atoms with van der Waals surface area (Å²) in [7, 11) is -3.36. The number of anilines is 1. The normalized spacial score (nSPS) is 12.5. The Balaban J connectivity index is 2.09. The Morgan fingerprint density at radius 1 is 1.19 bits per heavy atom. The van der Waals surface area contributed by atoms with Gasteiger partial charge in [0.05, 0.1) is 17.1 Å². The maximum Gasteiger partial charge on any atom is 0.303 e. The van der Waals surface area contributed by atoms with Gasteiger partial charge in [0, 0.05) is 31.8 Å². The molecule has 194 valence electrons. The summed E-state index contributed by atoms with van der Waals surface area (Å²) in [6, 6.07) is 2.87. The van der Waals surface area contributed by atoms with Crippen LogP contribution in [0.15, 0.2) is 28.0 Å². The summed E-state index contributed by atoms with van der Waals surface area (Å²) in [4.78, 5) is 43.1. The molecule has 1 N–H and O–H groups in total. The molecule has 3 heterocycles. The quantitative estimate of drug-likeness (QED) is 0.377. The van der Waals surface area contributed by atoms with Gasteiger partial charge in [0.25, 0.3) is 5.56 Å². The molecule has 0 aliphatic carbocycles. The summed E-state index contributed by atoms with van der Waals surface area (Å²) in [5.41, 5.74) is 1.39. The van der Waals surface area contributed by atoms with Crippen LogP contribution < -0.4 is 10.9 Å². The van der Waals surface area contributed by atoms with Crippen molar-refractivity contribution in [2.75, 3.05) is 11.6 Å². The van der Waals surface area contributed by atoms with Gasteiger partial charge in [-0.05, 0) is 31.9 Å². The zero-order chi connectivity index (χ0) is 26.5. The second kappa shape index (κ2) is 11.5. The fourth-order valence-corrected chi connectivity index (χ4v) is 4.08. The fraction of sp³-hybridized carbons (Fsp3) is 0.500. The van der Waals surface area contributed by atoms with E-state index in [1.807, 2.05) is 13.8 Å². The van der Waals surface area contributed by atoms with Crippen molar-refractivity contribution in [3.63, 3.8) is 0 Å². The van der Waals surface area contributed by atoms with Gasteiger partial charge in [-0.2, -0.15) is 0 Å². The van der Waals surface area contributed by atoms with Crippen LogP contribution in [-0.4, -0.2) is 45.1 Å². The first kappa shape index (κ1) is 27.2. The Morgan fingerprint density at radius 3 is 2.53 bits per heavy atom. The van der Waals surface area contributed by atoms with Gasteiger partial charge in [0.2, 0.25) is 0 Å². The Hall–Kier alpha value is -3.41. The molecule has 0 amide bonds. The van der Waals surface area contributed by atoms with Gasteiger partial charge in [0.15, 0.2) is 21.3 Å². The first-order valence-corrected chi connectivity index (χ1v) is 13.8. The van der Waals surface area contributed by atoms with Crippen LogP contribution in [0.4, 0.5) is 5.82 Å². The molecule has 3 aromatic rings. The van der Waals surface area contributed by atoms with Gasteiger partial charge >= 0.3 is 5.97 Å². The van der Waals surface area contributed by atoms with Crippen LogP contribution in [-0.2, 0) is 38.9 Å². The molecular weight excluding hydrogens is 484 g/mol. The zero-order valence-corrected chi connectivity index (χ0v) is 22.1. The second-order valence-corrected chi connectivity index (χ2v) is 10.7. The highest BCUT2D eigenvalue weighted by molar-refractivity contribution is 7.90. The monoisotopic (exact) mass is 516 g/mol. The molecule has 0 aliphatic heterocycles. The molecule has 0 saturated carbocycles. The lowest BCUT2D eigenvalue weighted by Gasteiger charge is -2.19. The van der Waals surface area contributed by atoms with Crippen LogP contribution in [0.3, 0.4) is 0 Å². The average molecular weight is 517 g/mol. The molecule has 12 heteroatoms. The maximum absolute atomic E-state index is 13.5. The highest BCUT2D eigenvalue weighted by Gasteiger charge is 2.21. The number of sulfone groups is 1. The number of rotatable bonds is 11. The number of ether oxygens (including phenoxy) is 1. The molecule has 11 nitrogen and oxygen atoms in total. The number of nitrogens with zero attached hydrogens (tertiary/aromatic N) is 5. The summed E-state index contributed by atoms with van der Waals surface area (Å²) in [6.45, 7) is 7.34. The minimum Gasteiger partial charge on any atom is -0.459 e. The first-order chi connectivity index (χ1) is 17.0. The third-order valence-electron chi connectivity index (χ3n) is 5.72. The molecule has 3 rings (SSSR count). The topological polar surface area (TPSA) is 146 Å². The van der Waals surface area contributed by atoms with Gasteiger partial charge in [-0.15, -0.1) is 0 Å². The van der Waals surface area contributed by atoms with Crippen molar-refractivity contribution in [1.82, 2.24) is 24.5 Å². The highest BCUT2D eigenvalue weighted by Crippen LogP contribution is 2.21. The largest absolute Gasteiger partial charge is 0.459 e. The SMILES string of the molecule is CCCCc1nc(COC(C)=O)c2nc(NCc3ccc(S(C)(=O)=O)cn3)c(=O)n([C@H](C)CC)c2n1. The van der Waals surface area contributed by atoms with Crippen molar-refractivity contribution >= 4 is 32.8 Å². The lowest BCUT2D eigenvalue weighted by atomic mass is 10.2. The zero-order valence-electron chi connectivity index (χ0n) is 21.2. The number of fused-ring (bicyclic) bond motifs is 1. The number of pyridine rings is 1.